The van der Waals surface area contributed by atoms with Gasteiger partial charge in [0, 0.05) is 18.3 Å². The van der Waals surface area contributed by atoms with Gasteiger partial charge in [0.25, 0.3) is 0 Å². The summed E-state index contributed by atoms with van der Waals surface area (Å²) in [5.74, 6) is 1.62. The van der Waals surface area contributed by atoms with Crippen molar-refractivity contribution in [1.82, 2.24) is 4.98 Å². The molecule has 6 heteroatoms. The lowest BCUT2D eigenvalue weighted by Crippen LogP contribution is -1.88. The Balaban J connectivity index is 0.00000162. The molecule has 2 nitrogen and oxygen atoms in total. The minimum atomic E-state index is 0. The van der Waals surface area contributed by atoms with Crippen LogP contribution in [0.5, 0.6) is 11.5 Å². The van der Waals surface area contributed by atoms with Crippen LogP contribution in [-0.2, 0) is 5.88 Å². The van der Waals surface area contributed by atoms with Gasteiger partial charge in [-0.2, -0.15) is 0 Å². The number of hydrogen-bond donors (Lipinski definition) is 0. The van der Waals surface area contributed by atoms with Crippen molar-refractivity contribution >= 4 is 47.2 Å². The van der Waals surface area contributed by atoms with Gasteiger partial charge in [-0.25, -0.2) is 0 Å². The molecule has 0 amide bonds. The number of nitrogens with zero attached hydrogens (tertiary/aromatic N) is 1. The van der Waals surface area contributed by atoms with Gasteiger partial charge in [-0.05, 0) is 18.2 Å². The van der Waals surface area contributed by atoms with E-state index in [1.807, 2.05) is 0 Å². The predicted octanol–water partition coefficient (Wildman–Crippen LogP) is 5.34. The fourth-order valence-electron chi connectivity index (χ4n) is 1.27. The van der Waals surface area contributed by atoms with Crippen LogP contribution >= 0.6 is 47.2 Å². The molecule has 1 heterocycles. The topological polar surface area (TPSA) is 22.1 Å². The lowest BCUT2D eigenvalue weighted by atomic mass is 10.3. The molecule has 0 radical (unpaired) electrons. The van der Waals surface area contributed by atoms with E-state index in [1.54, 1.807) is 36.5 Å². The van der Waals surface area contributed by atoms with E-state index in [9.17, 15) is 0 Å². The van der Waals surface area contributed by atoms with Crippen LogP contribution in [0.4, 0.5) is 0 Å². The van der Waals surface area contributed by atoms with Crippen molar-refractivity contribution in [1.29, 1.82) is 0 Å². The van der Waals surface area contributed by atoms with E-state index in [2.05, 4.69) is 4.98 Å². The van der Waals surface area contributed by atoms with Crippen LogP contribution in [0, 0.1) is 0 Å². The molecule has 1 aromatic heterocycles. The standard InChI is InChI=1S/C12H8Cl3NO.ClH/c13-7-8-5-10(3-4-16-8)17-9-1-2-11(14)12(15)6-9;/h1-6H,7H2;1H. The van der Waals surface area contributed by atoms with E-state index in [-0.39, 0.29) is 12.4 Å². The van der Waals surface area contributed by atoms with Crippen molar-refractivity contribution in [2.24, 2.45) is 0 Å². The minimum absolute atomic E-state index is 0. The van der Waals surface area contributed by atoms with Crippen LogP contribution in [-0.4, -0.2) is 4.98 Å². The first-order valence-corrected chi connectivity index (χ1v) is 6.12. The molecule has 0 N–H and O–H groups in total. The van der Waals surface area contributed by atoms with Gasteiger partial charge in [-0.15, -0.1) is 24.0 Å². The zero-order chi connectivity index (χ0) is 12.3. The van der Waals surface area contributed by atoms with Crippen LogP contribution < -0.4 is 4.74 Å². The highest BCUT2D eigenvalue weighted by Gasteiger charge is 2.02. The molecule has 0 saturated carbocycles. The molecule has 0 spiro atoms. The SMILES string of the molecule is Cl.ClCc1cc(Oc2ccc(Cl)c(Cl)c2)ccn1. The summed E-state index contributed by atoms with van der Waals surface area (Å²) in [5, 5.41) is 0.950. The molecule has 1 aromatic carbocycles. The van der Waals surface area contributed by atoms with Crippen LogP contribution in [0.3, 0.4) is 0 Å². The van der Waals surface area contributed by atoms with Gasteiger partial charge in [0.15, 0.2) is 0 Å². The number of benzene rings is 1. The van der Waals surface area contributed by atoms with E-state index in [1.165, 1.54) is 0 Å². The zero-order valence-electron chi connectivity index (χ0n) is 9.07. The van der Waals surface area contributed by atoms with E-state index in [4.69, 9.17) is 39.5 Å². The molecule has 0 aliphatic carbocycles. The Morgan fingerprint density at radius 3 is 2.39 bits per heavy atom. The first-order valence-electron chi connectivity index (χ1n) is 4.83. The Morgan fingerprint density at radius 2 is 1.72 bits per heavy atom. The number of rotatable bonds is 3. The molecular weight excluding hydrogens is 316 g/mol. The van der Waals surface area contributed by atoms with E-state index < -0.39 is 0 Å². The number of alkyl halides is 1. The molecule has 96 valence electrons. The Kier molecular flexibility index (Phi) is 6.03. The van der Waals surface area contributed by atoms with Gasteiger partial charge in [0.05, 0.1) is 21.6 Å². The second-order valence-electron chi connectivity index (χ2n) is 3.29. The second-order valence-corrected chi connectivity index (χ2v) is 4.38. The van der Waals surface area contributed by atoms with Crippen LogP contribution in [0.2, 0.25) is 10.0 Å². The van der Waals surface area contributed by atoms with Crippen molar-refractivity contribution in [3.8, 4) is 11.5 Å². The highest BCUT2D eigenvalue weighted by atomic mass is 35.5. The van der Waals surface area contributed by atoms with Gasteiger partial charge in [-0.1, -0.05) is 23.2 Å². The monoisotopic (exact) mass is 323 g/mol. The van der Waals surface area contributed by atoms with Crippen LogP contribution in [0.15, 0.2) is 36.5 Å². The van der Waals surface area contributed by atoms with Crippen LogP contribution in [0.1, 0.15) is 5.69 Å². The summed E-state index contributed by atoms with van der Waals surface area (Å²) in [5.41, 5.74) is 0.754. The second kappa shape index (κ2) is 7.05. The van der Waals surface area contributed by atoms with Gasteiger partial charge in [0.1, 0.15) is 11.5 Å². The number of hydrogen-bond acceptors (Lipinski definition) is 2. The van der Waals surface area contributed by atoms with Gasteiger partial charge >= 0.3 is 0 Å². The summed E-state index contributed by atoms with van der Waals surface area (Å²) in [4.78, 5) is 4.07. The molecule has 0 fully saturated rings. The Bertz CT molecular complexity index is 533. The molecule has 2 rings (SSSR count). The summed E-state index contributed by atoms with van der Waals surface area (Å²) < 4.78 is 5.61. The maximum Gasteiger partial charge on any atom is 0.130 e. The zero-order valence-corrected chi connectivity index (χ0v) is 12.2. The summed E-state index contributed by atoms with van der Waals surface area (Å²) in [6, 6.07) is 8.61. The summed E-state index contributed by atoms with van der Waals surface area (Å²) in [6.45, 7) is 0. The largest absolute Gasteiger partial charge is 0.457 e. The third kappa shape index (κ3) is 3.92. The minimum Gasteiger partial charge on any atom is -0.457 e. The van der Waals surface area contributed by atoms with Crippen LogP contribution in [0.25, 0.3) is 0 Å². The maximum atomic E-state index is 5.89. The molecule has 0 aliphatic heterocycles. The first kappa shape index (κ1) is 15.4. The highest BCUT2D eigenvalue weighted by molar-refractivity contribution is 6.42. The molecule has 2 aromatic rings. The van der Waals surface area contributed by atoms with E-state index >= 15 is 0 Å². The smallest absolute Gasteiger partial charge is 0.130 e. The summed E-state index contributed by atoms with van der Waals surface area (Å²) in [6.07, 6.45) is 1.64. The number of aromatic nitrogens is 1. The number of pyridine rings is 1. The highest BCUT2D eigenvalue weighted by Crippen LogP contribution is 2.29. The number of ether oxygens (including phenoxy) is 1. The van der Waals surface area contributed by atoms with Crippen molar-refractivity contribution in [2.75, 3.05) is 0 Å². The van der Waals surface area contributed by atoms with Crippen molar-refractivity contribution < 1.29 is 4.74 Å². The van der Waals surface area contributed by atoms with Gasteiger partial charge in [-0.3, -0.25) is 4.98 Å². The third-order valence-corrected chi connectivity index (χ3v) is 3.06. The van der Waals surface area contributed by atoms with Crippen molar-refractivity contribution in [3.63, 3.8) is 0 Å². The average molecular weight is 325 g/mol. The Labute approximate surface area is 126 Å². The van der Waals surface area contributed by atoms with Gasteiger partial charge in [0.2, 0.25) is 0 Å². The average Bonchev–Trinajstić information content (AvgIpc) is 2.34. The fraction of sp³-hybridized carbons (Fsp3) is 0.0833. The predicted molar refractivity (Wildman–Crippen MR) is 77.6 cm³/mol. The molecular formula is C12H9Cl4NO. The van der Waals surface area contributed by atoms with E-state index in [0.29, 0.717) is 27.4 Å². The third-order valence-electron chi connectivity index (χ3n) is 2.05. The number of halogens is 4. The lowest BCUT2D eigenvalue weighted by molar-refractivity contribution is 0.481. The molecule has 18 heavy (non-hydrogen) atoms. The molecule has 0 aliphatic rings. The first-order chi connectivity index (χ1) is 8.19. The Morgan fingerprint density at radius 1 is 1.00 bits per heavy atom. The molecule has 0 bridgehead atoms. The van der Waals surface area contributed by atoms with Crippen molar-refractivity contribution in [2.45, 2.75) is 5.88 Å². The molecule has 0 unspecified atom stereocenters. The quantitative estimate of drug-likeness (QED) is 0.711. The normalized spacial score (nSPS) is 9.72. The molecule has 0 atom stereocenters. The van der Waals surface area contributed by atoms with Crippen molar-refractivity contribution in [3.05, 3.63) is 52.3 Å². The van der Waals surface area contributed by atoms with E-state index in [0.717, 1.165) is 5.69 Å². The maximum absolute atomic E-state index is 5.89. The molecule has 0 saturated heterocycles. The van der Waals surface area contributed by atoms with Gasteiger partial charge < -0.3 is 4.74 Å². The fourth-order valence-corrected chi connectivity index (χ4v) is 1.70. The Hall–Kier alpha value is -0.670. The summed E-state index contributed by atoms with van der Waals surface area (Å²) >= 11 is 17.4. The summed E-state index contributed by atoms with van der Waals surface area (Å²) in [7, 11) is 0. The lowest BCUT2D eigenvalue weighted by Gasteiger charge is -2.07.